The summed E-state index contributed by atoms with van der Waals surface area (Å²) in [6.07, 6.45) is 3.48. The Kier molecular flexibility index (Phi) is 5.06. The molecule has 2 atom stereocenters. The maximum atomic E-state index is 11.7. The molecule has 0 spiro atoms. The molecule has 1 aromatic rings. The van der Waals surface area contributed by atoms with Gasteiger partial charge in [-0.2, -0.15) is 11.8 Å². The van der Waals surface area contributed by atoms with Gasteiger partial charge >= 0.3 is 0 Å². The van der Waals surface area contributed by atoms with Crippen molar-refractivity contribution in [1.82, 2.24) is 0 Å². The topological polar surface area (TPSA) is 98.2 Å². The van der Waals surface area contributed by atoms with Crippen molar-refractivity contribution in [3.63, 3.8) is 0 Å². The predicted molar refractivity (Wildman–Crippen MR) is 90.1 cm³/mol. The molecule has 7 heteroatoms. The summed E-state index contributed by atoms with van der Waals surface area (Å²) in [5.74, 6) is 1.08. The molecule has 1 aromatic carbocycles. The van der Waals surface area contributed by atoms with E-state index in [4.69, 9.17) is 10.9 Å². The molecule has 0 amide bonds. The summed E-state index contributed by atoms with van der Waals surface area (Å²) in [5, 5.41) is 9.30. The van der Waals surface area contributed by atoms with Crippen LogP contribution in [-0.2, 0) is 10.0 Å². The van der Waals surface area contributed by atoms with E-state index in [1.165, 1.54) is 18.9 Å². The Morgan fingerprint density at radius 1 is 1.38 bits per heavy atom. The first-order valence-electron chi connectivity index (χ1n) is 7.14. The second-order valence-corrected chi connectivity index (χ2v) is 8.46. The minimum absolute atomic E-state index is 0.0997. The molecule has 1 aliphatic rings. The van der Waals surface area contributed by atoms with E-state index >= 15 is 0 Å². The van der Waals surface area contributed by atoms with Crippen LogP contribution in [0.1, 0.15) is 31.7 Å². The van der Waals surface area contributed by atoms with Gasteiger partial charge in [0.25, 0.3) is 0 Å². The molecule has 0 aromatic heterocycles. The Labute approximate surface area is 130 Å². The van der Waals surface area contributed by atoms with Gasteiger partial charge in [0.15, 0.2) is 0 Å². The van der Waals surface area contributed by atoms with Crippen LogP contribution in [0.2, 0.25) is 0 Å². The number of nitrogens with one attached hydrogen (secondary N) is 1. The molecular formula is C14H23N3O2S2. The standard InChI is InChI=1S/C14H23N3O2S2/c1-3-20-13-6-4-5-11(13)17-12-7-10(15)8-14(9(12)2)21(16,18)19/h7-8,11,13,17H,3-6,15H2,1-2H3,(H2,16,18,19). The van der Waals surface area contributed by atoms with Gasteiger partial charge in [0, 0.05) is 22.7 Å². The number of sulfonamides is 1. The molecule has 1 saturated carbocycles. The summed E-state index contributed by atoms with van der Waals surface area (Å²) in [6.45, 7) is 3.92. The van der Waals surface area contributed by atoms with Crippen molar-refractivity contribution in [1.29, 1.82) is 0 Å². The molecule has 5 nitrogen and oxygen atoms in total. The number of primary sulfonamides is 1. The van der Waals surface area contributed by atoms with Crippen molar-refractivity contribution in [2.24, 2.45) is 5.14 Å². The summed E-state index contributed by atoms with van der Waals surface area (Å²) < 4.78 is 23.3. The van der Waals surface area contributed by atoms with E-state index in [0.29, 0.717) is 22.5 Å². The van der Waals surface area contributed by atoms with Crippen LogP contribution >= 0.6 is 11.8 Å². The fourth-order valence-corrected chi connectivity index (χ4v) is 4.89. The molecule has 1 fully saturated rings. The van der Waals surface area contributed by atoms with Gasteiger partial charge in [-0.05, 0) is 43.2 Å². The SMILES string of the molecule is CCSC1CCCC1Nc1cc(N)cc(S(N)(=O)=O)c1C. The Bertz CT molecular complexity index is 617. The highest BCUT2D eigenvalue weighted by Gasteiger charge is 2.28. The zero-order valence-corrected chi connectivity index (χ0v) is 14.1. The Morgan fingerprint density at radius 3 is 2.71 bits per heavy atom. The summed E-state index contributed by atoms with van der Waals surface area (Å²) >= 11 is 1.95. The van der Waals surface area contributed by atoms with Gasteiger partial charge in [0.05, 0.1) is 4.90 Å². The smallest absolute Gasteiger partial charge is 0.238 e. The molecule has 1 aliphatic carbocycles. The first-order valence-corrected chi connectivity index (χ1v) is 9.73. The Hall–Kier alpha value is -0.920. The maximum absolute atomic E-state index is 11.7. The number of benzene rings is 1. The van der Waals surface area contributed by atoms with Gasteiger partial charge < -0.3 is 11.1 Å². The van der Waals surface area contributed by atoms with Gasteiger partial charge in [-0.25, -0.2) is 13.6 Å². The van der Waals surface area contributed by atoms with Crippen LogP contribution in [0, 0.1) is 6.92 Å². The van der Waals surface area contributed by atoms with Crippen LogP contribution < -0.4 is 16.2 Å². The van der Waals surface area contributed by atoms with E-state index in [1.807, 2.05) is 11.8 Å². The molecule has 2 rings (SSSR count). The summed E-state index contributed by atoms with van der Waals surface area (Å²) in [7, 11) is -3.76. The minimum Gasteiger partial charge on any atom is -0.399 e. The molecule has 0 heterocycles. The van der Waals surface area contributed by atoms with Gasteiger partial charge in [0.1, 0.15) is 0 Å². The monoisotopic (exact) mass is 329 g/mol. The third-order valence-electron chi connectivity index (χ3n) is 3.86. The summed E-state index contributed by atoms with van der Waals surface area (Å²) in [6, 6.07) is 3.56. The molecule has 0 radical (unpaired) electrons. The lowest BCUT2D eigenvalue weighted by Crippen LogP contribution is -2.27. The second kappa shape index (κ2) is 6.46. The van der Waals surface area contributed by atoms with Crippen LogP contribution in [0.25, 0.3) is 0 Å². The fourth-order valence-electron chi connectivity index (χ4n) is 2.86. The molecule has 0 saturated heterocycles. The number of thioether (sulfide) groups is 1. The molecule has 118 valence electrons. The van der Waals surface area contributed by atoms with E-state index in [9.17, 15) is 8.42 Å². The van der Waals surface area contributed by atoms with E-state index in [1.54, 1.807) is 13.0 Å². The quantitative estimate of drug-likeness (QED) is 0.720. The number of hydrogen-bond acceptors (Lipinski definition) is 5. The Morgan fingerprint density at radius 2 is 2.10 bits per heavy atom. The van der Waals surface area contributed by atoms with Crippen molar-refractivity contribution in [3.05, 3.63) is 17.7 Å². The number of hydrogen-bond donors (Lipinski definition) is 3. The molecule has 21 heavy (non-hydrogen) atoms. The van der Waals surface area contributed by atoms with Crippen molar-refractivity contribution < 1.29 is 8.42 Å². The normalized spacial score (nSPS) is 22.4. The first-order chi connectivity index (χ1) is 9.82. The Balaban J connectivity index is 2.30. The number of rotatable bonds is 5. The van der Waals surface area contributed by atoms with Gasteiger partial charge in [0.2, 0.25) is 10.0 Å². The lowest BCUT2D eigenvalue weighted by molar-refractivity contribution is 0.597. The summed E-state index contributed by atoms with van der Waals surface area (Å²) in [5.41, 5.74) is 7.64. The van der Waals surface area contributed by atoms with E-state index in [2.05, 4.69) is 12.2 Å². The third kappa shape index (κ3) is 3.84. The highest BCUT2D eigenvalue weighted by Crippen LogP contribution is 2.34. The average molecular weight is 329 g/mol. The average Bonchev–Trinajstić information content (AvgIpc) is 2.80. The van der Waals surface area contributed by atoms with Crippen LogP contribution in [0.4, 0.5) is 11.4 Å². The van der Waals surface area contributed by atoms with Crippen LogP contribution in [0.5, 0.6) is 0 Å². The minimum atomic E-state index is -3.76. The predicted octanol–water partition coefficient (Wildman–Crippen LogP) is 2.31. The number of nitrogen functional groups attached to an aromatic ring is 1. The highest BCUT2D eigenvalue weighted by molar-refractivity contribution is 7.99. The van der Waals surface area contributed by atoms with Gasteiger partial charge in [-0.3, -0.25) is 0 Å². The molecule has 0 aliphatic heterocycles. The second-order valence-electron chi connectivity index (χ2n) is 5.41. The van der Waals surface area contributed by atoms with Crippen LogP contribution in [0.3, 0.4) is 0 Å². The molecule has 0 bridgehead atoms. The van der Waals surface area contributed by atoms with Gasteiger partial charge in [-0.1, -0.05) is 13.3 Å². The van der Waals surface area contributed by atoms with Crippen molar-refractivity contribution in [2.45, 2.75) is 49.3 Å². The summed E-state index contributed by atoms with van der Waals surface area (Å²) in [4.78, 5) is 0.0997. The third-order valence-corrected chi connectivity index (χ3v) is 6.23. The molecule has 2 unspecified atom stereocenters. The number of anilines is 2. The van der Waals surface area contributed by atoms with Crippen LogP contribution in [-0.4, -0.2) is 25.5 Å². The molecular weight excluding hydrogens is 306 g/mol. The highest BCUT2D eigenvalue weighted by atomic mass is 32.2. The lowest BCUT2D eigenvalue weighted by Gasteiger charge is -2.23. The zero-order chi connectivity index (χ0) is 15.6. The fraction of sp³-hybridized carbons (Fsp3) is 0.571. The van der Waals surface area contributed by atoms with Crippen molar-refractivity contribution >= 4 is 33.2 Å². The van der Waals surface area contributed by atoms with Crippen molar-refractivity contribution in [2.75, 3.05) is 16.8 Å². The molecule has 5 N–H and O–H groups in total. The first kappa shape index (κ1) is 16.5. The lowest BCUT2D eigenvalue weighted by atomic mass is 10.1. The van der Waals surface area contributed by atoms with E-state index < -0.39 is 10.0 Å². The maximum Gasteiger partial charge on any atom is 0.238 e. The van der Waals surface area contributed by atoms with Gasteiger partial charge in [-0.15, -0.1) is 0 Å². The zero-order valence-electron chi connectivity index (χ0n) is 12.4. The number of nitrogens with two attached hydrogens (primary N) is 2. The van der Waals surface area contributed by atoms with E-state index in [0.717, 1.165) is 17.9 Å². The van der Waals surface area contributed by atoms with Crippen molar-refractivity contribution in [3.8, 4) is 0 Å². The largest absolute Gasteiger partial charge is 0.399 e. The van der Waals surface area contributed by atoms with Crippen LogP contribution in [0.15, 0.2) is 17.0 Å². The van der Waals surface area contributed by atoms with E-state index in [-0.39, 0.29) is 4.90 Å².